The number of aryl methyl sites for hydroxylation is 4. The average Bonchev–Trinajstić information content (AvgIpc) is 2.68. The Morgan fingerprint density at radius 3 is 2.24 bits per heavy atom. The minimum atomic E-state index is 0. The molecule has 0 aliphatic carbocycles. The third-order valence-corrected chi connectivity index (χ3v) is 5.00. The Labute approximate surface area is 177 Å². The molecule has 1 aromatic heterocycles. The molecule has 4 rings (SSSR count). The summed E-state index contributed by atoms with van der Waals surface area (Å²) < 4.78 is 6.04. The van der Waals surface area contributed by atoms with Crippen LogP contribution in [0.3, 0.4) is 0 Å². The average molecular weight is 406 g/mol. The van der Waals surface area contributed by atoms with Crippen LogP contribution in [-0.4, -0.2) is 9.97 Å². The van der Waals surface area contributed by atoms with Crippen LogP contribution in [-0.2, 0) is 0 Å². The molecule has 4 nitrogen and oxygen atoms in total. The van der Waals surface area contributed by atoms with Gasteiger partial charge in [0, 0.05) is 11.1 Å². The Kier molecular flexibility index (Phi) is 6.04. The summed E-state index contributed by atoms with van der Waals surface area (Å²) in [6.07, 6.45) is 1.61. The largest absolute Gasteiger partial charge is 0.457 e. The summed E-state index contributed by atoms with van der Waals surface area (Å²) in [6.45, 7) is 8.33. The molecule has 0 atom stereocenters. The van der Waals surface area contributed by atoms with E-state index >= 15 is 0 Å². The van der Waals surface area contributed by atoms with Crippen molar-refractivity contribution >= 4 is 34.8 Å². The molecule has 29 heavy (non-hydrogen) atoms. The molecule has 0 aliphatic heterocycles. The van der Waals surface area contributed by atoms with Crippen molar-refractivity contribution in [2.45, 2.75) is 27.7 Å². The Morgan fingerprint density at radius 2 is 1.48 bits per heavy atom. The first-order chi connectivity index (χ1) is 13.5. The fraction of sp³-hybridized carbons (Fsp3) is 0.167. The lowest BCUT2D eigenvalue weighted by Crippen LogP contribution is -2.00. The van der Waals surface area contributed by atoms with Crippen LogP contribution in [0.2, 0.25) is 0 Å². The number of anilines is 2. The number of ether oxygens (including phenoxy) is 1. The van der Waals surface area contributed by atoms with Gasteiger partial charge in [0.05, 0.1) is 5.52 Å². The molecule has 0 spiro atoms. The standard InChI is InChI=1S/C24H23N3O.ClH/c1-15-10-20-22(11-16(15)2)25-14-26-24(20)27-21-12-18(4)23(13-17(21)3)28-19-8-6-5-7-9-19;/h5-14H,1-4H3,(H,25,26,27);1H. The number of nitrogens with one attached hydrogen (secondary N) is 1. The van der Waals surface area contributed by atoms with E-state index in [1.165, 1.54) is 11.1 Å². The van der Waals surface area contributed by atoms with Crippen LogP contribution in [0.25, 0.3) is 10.9 Å². The molecule has 0 saturated heterocycles. The van der Waals surface area contributed by atoms with Crippen molar-refractivity contribution < 1.29 is 4.74 Å². The van der Waals surface area contributed by atoms with Gasteiger partial charge in [-0.3, -0.25) is 0 Å². The summed E-state index contributed by atoms with van der Waals surface area (Å²) in [5.41, 5.74) is 6.56. The number of hydrogen-bond acceptors (Lipinski definition) is 4. The molecule has 4 aromatic rings. The van der Waals surface area contributed by atoms with Crippen molar-refractivity contribution in [1.82, 2.24) is 9.97 Å². The first-order valence-corrected chi connectivity index (χ1v) is 9.34. The molecule has 5 heteroatoms. The lowest BCUT2D eigenvalue weighted by molar-refractivity contribution is 0.478. The molecule has 0 saturated carbocycles. The third kappa shape index (κ3) is 4.33. The van der Waals surface area contributed by atoms with E-state index in [0.29, 0.717) is 0 Å². The van der Waals surface area contributed by atoms with Gasteiger partial charge in [-0.05, 0) is 86.3 Å². The predicted molar refractivity (Wildman–Crippen MR) is 122 cm³/mol. The van der Waals surface area contributed by atoms with Crippen LogP contribution < -0.4 is 10.1 Å². The van der Waals surface area contributed by atoms with Gasteiger partial charge >= 0.3 is 0 Å². The second-order valence-electron chi connectivity index (χ2n) is 7.15. The van der Waals surface area contributed by atoms with Gasteiger partial charge in [-0.25, -0.2) is 9.97 Å². The van der Waals surface area contributed by atoms with E-state index in [1.807, 2.05) is 30.3 Å². The zero-order valence-corrected chi connectivity index (χ0v) is 17.8. The SMILES string of the molecule is Cc1cc2ncnc(Nc3cc(C)c(Oc4ccccc4)cc3C)c2cc1C.Cl. The smallest absolute Gasteiger partial charge is 0.141 e. The first-order valence-electron chi connectivity index (χ1n) is 9.34. The predicted octanol–water partition coefficient (Wildman–Crippen LogP) is 6.82. The van der Waals surface area contributed by atoms with E-state index in [-0.39, 0.29) is 12.4 Å². The van der Waals surface area contributed by atoms with Gasteiger partial charge in [-0.2, -0.15) is 0 Å². The Balaban J connectivity index is 0.00000240. The van der Waals surface area contributed by atoms with Gasteiger partial charge < -0.3 is 10.1 Å². The molecule has 0 aliphatic rings. The number of nitrogens with zero attached hydrogens (tertiary/aromatic N) is 2. The number of rotatable bonds is 4. The van der Waals surface area contributed by atoms with Crippen molar-refractivity contribution in [2.75, 3.05) is 5.32 Å². The van der Waals surface area contributed by atoms with Crippen LogP contribution in [0.4, 0.5) is 11.5 Å². The highest BCUT2D eigenvalue weighted by atomic mass is 35.5. The van der Waals surface area contributed by atoms with E-state index < -0.39 is 0 Å². The lowest BCUT2D eigenvalue weighted by Gasteiger charge is -2.15. The summed E-state index contributed by atoms with van der Waals surface area (Å²) in [5, 5.41) is 4.51. The molecule has 148 valence electrons. The molecule has 1 heterocycles. The van der Waals surface area contributed by atoms with Gasteiger partial charge in [0.25, 0.3) is 0 Å². The summed E-state index contributed by atoms with van der Waals surface area (Å²) in [7, 11) is 0. The van der Waals surface area contributed by atoms with Crippen molar-refractivity contribution in [3.63, 3.8) is 0 Å². The van der Waals surface area contributed by atoms with Crippen molar-refractivity contribution in [3.8, 4) is 11.5 Å². The Bertz CT molecular complexity index is 1160. The van der Waals surface area contributed by atoms with Gasteiger partial charge in [-0.1, -0.05) is 18.2 Å². The van der Waals surface area contributed by atoms with E-state index in [9.17, 15) is 0 Å². The van der Waals surface area contributed by atoms with Crippen LogP contribution in [0, 0.1) is 27.7 Å². The molecular formula is C24H24ClN3O. The number of halogens is 1. The van der Waals surface area contributed by atoms with Gasteiger partial charge in [-0.15, -0.1) is 12.4 Å². The maximum atomic E-state index is 6.04. The fourth-order valence-electron chi connectivity index (χ4n) is 3.19. The molecular weight excluding hydrogens is 382 g/mol. The first kappa shape index (κ1) is 20.6. The van der Waals surface area contributed by atoms with Crippen molar-refractivity contribution in [3.05, 3.63) is 83.2 Å². The Morgan fingerprint density at radius 1 is 0.759 bits per heavy atom. The number of para-hydroxylation sites is 1. The fourth-order valence-corrected chi connectivity index (χ4v) is 3.19. The monoisotopic (exact) mass is 405 g/mol. The van der Waals surface area contributed by atoms with E-state index in [1.54, 1.807) is 6.33 Å². The molecule has 0 amide bonds. The molecule has 0 bridgehead atoms. The Hall–Kier alpha value is -3.11. The molecule has 3 aromatic carbocycles. The zero-order valence-electron chi connectivity index (χ0n) is 17.0. The number of hydrogen-bond donors (Lipinski definition) is 1. The van der Waals surface area contributed by atoms with E-state index in [4.69, 9.17) is 4.74 Å². The van der Waals surface area contributed by atoms with Crippen LogP contribution >= 0.6 is 12.4 Å². The van der Waals surface area contributed by atoms with E-state index in [2.05, 4.69) is 67.2 Å². The maximum absolute atomic E-state index is 6.04. The van der Waals surface area contributed by atoms with Gasteiger partial charge in [0.15, 0.2) is 0 Å². The molecule has 1 N–H and O–H groups in total. The second kappa shape index (κ2) is 8.50. The molecule has 0 radical (unpaired) electrons. The van der Waals surface area contributed by atoms with Gasteiger partial charge in [0.2, 0.25) is 0 Å². The highest BCUT2D eigenvalue weighted by Gasteiger charge is 2.10. The second-order valence-corrected chi connectivity index (χ2v) is 7.15. The minimum Gasteiger partial charge on any atom is -0.457 e. The van der Waals surface area contributed by atoms with Crippen molar-refractivity contribution in [1.29, 1.82) is 0 Å². The van der Waals surface area contributed by atoms with Crippen molar-refractivity contribution in [2.24, 2.45) is 0 Å². The van der Waals surface area contributed by atoms with Crippen LogP contribution in [0.1, 0.15) is 22.3 Å². The highest BCUT2D eigenvalue weighted by molar-refractivity contribution is 5.92. The topological polar surface area (TPSA) is 47.0 Å². The lowest BCUT2D eigenvalue weighted by atomic mass is 10.1. The normalized spacial score (nSPS) is 10.5. The quantitative estimate of drug-likeness (QED) is 0.404. The van der Waals surface area contributed by atoms with E-state index in [0.717, 1.165) is 45.0 Å². The third-order valence-electron chi connectivity index (χ3n) is 5.00. The molecule has 0 unspecified atom stereocenters. The summed E-state index contributed by atoms with van der Waals surface area (Å²) >= 11 is 0. The summed E-state index contributed by atoms with van der Waals surface area (Å²) in [4.78, 5) is 8.90. The number of aromatic nitrogens is 2. The number of fused-ring (bicyclic) bond motifs is 1. The highest BCUT2D eigenvalue weighted by Crippen LogP contribution is 2.33. The maximum Gasteiger partial charge on any atom is 0.141 e. The van der Waals surface area contributed by atoms with Crippen LogP contribution in [0.15, 0.2) is 60.9 Å². The van der Waals surface area contributed by atoms with Crippen LogP contribution in [0.5, 0.6) is 11.5 Å². The van der Waals surface area contributed by atoms with Gasteiger partial charge in [0.1, 0.15) is 23.6 Å². The number of benzene rings is 3. The summed E-state index contributed by atoms with van der Waals surface area (Å²) in [5.74, 6) is 2.50. The zero-order chi connectivity index (χ0) is 19.7. The minimum absolute atomic E-state index is 0. The summed E-state index contributed by atoms with van der Waals surface area (Å²) in [6, 6.07) is 18.2. The molecule has 0 fully saturated rings.